The van der Waals surface area contributed by atoms with E-state index in [0.717, 1.165) is 5.01 Å². The molecule has 0 aromatic carbocycles. The second-order valence-corrected chi connectivity index (χ2v) is 2.62. The number of carbonyl (C=O) groups excluding carboxylic acids is 1. The van der Waals surface area contributed by atoms with Crippen LogP contribution < -0.4 is 22.5 Å². The third kappa shape index (κ3) is 3.93. The average Bonchev–Trinajstić information content (AvgIpc) is 2.22. The number of nitrogens with two attached hydrogens (primary N) is 3. The number of nitrogens with zero attached hydrogens (tertiary/aromatic N) is 2. The lowest BCUT2D eigenvalue weighted by Gasteiger charge is -2.13. The highest BCUT2D eigenvalue weighted by molar-refractivity contribution is 5.91. The van der Waals surface area contributed by atoms with Gasteiger partial charge < -0.3 is 22.5 Å². The SMILES string of the molecule is CN(N=N)C(=N)CN/C(N)=C(\N)C(N)=O. The standard InChI is InChI=1S/C6H14N8O/c1-14(13-11)3(7)2-12-5(9)4(8)6(10)15/h7,11-12H,2,8-9H2,1H3,(H2,10,15)/b5-4-,7-3?,13-11?. The molecule has 0 bridgehead atoms. The molecule has 0 fully saturated rings. The van der Waals surface area contributed by atoms with Crippen LogP contribution in [0.2, 0.25) is 0 Å². The van der Waals surface area contributed by atoms with E-state index < -0.39 is 5.91 Å². The Morgan fingerprint density at radius 3 is 2.40 bits per heavy atom. The Morgan fingerprint density at radius 1 is 1.47 bits per heavy atom. The molecule has 15 heavy (non-hydrogen) atoms. The van der Waals surface area contributed by atoms with Crippen molar-refractivity contribution in [1.29, 1.82) is 10.9 Å². The molecular formula is C6H14N8O. The summed E-state index contributed by atoms with van der Waals surface area (Å²) >= 11 is 0. The second kappa shape index (κ2) is 5.42. The van der Waals surface area contributed by atoms with Gasteiger partial charge in [0.2, 0.25) is 0 Å². The van der Waals surface area contributed by atoms with Gasteiger partial charge in [-0.05, 0) is 0 Å². The molecule has 0 spiro atoms. The van der Waals surface area contributed by atoms with Crippen molar-refractivity contribution in [3.63, 3.8) is 0 Å². The molecule has 0 aromatic rings. The zero-order valence-corrected chi connectivity index (χ0v) is 8.24. The quantitative estimate of drug-likeness (QED) is 0.102. The van der Waals surface area contributed by atoms with Crippen LogP contribution in [-0.2, 0) is 4.79 Å². The molecule has 9 N–H and O–H groups in total. The first-order chi connectivity index (χ1) is 6.90. The van der Waals surface area contributed by atoms with Crippen molar-refractivity contribution in [2.24, 2.45) is 22.4 Å². The Balaban J connectivity index is 4.29. The molecule has 1 amide bonds. The Labute approximate surface area is 86.3 Å². The van der Waals surface area contributed by atoms with Gasteiger partial charge in [0.25, 0.3) is 5.91 Å². The molecule has 0 rings (SSSR count). The van der Waals surface area contributed by atoms with Gasteiger partial charge in [-0.2, -0.15) is 5.53 Å². The maximum Gasteiger partial charge on any atom is 0.268 e. The van der Waals surface area contributed by atoms with E-state index in [-0.39, 0.29) is 23.9 Å². The lowest BCUT2D eigenvalue weighted by Crippen LogP contribution is -2.37. The predicted molar refractivity (Wildman–Crippen MR) is 53.2 cm³/mol. The summed E-state index contributed by atoms with van der Waals surface area (Å²) in [5, 5.41) is 13.9. The van der Waals surface area contributed by atoms with Gasteiger partial charge in [0, 0.05) is 7.05 Å². The fourth-order valence-corrected chi connectivity index (χ4v) is 0.582. The van der Waals surface area contributed by atoms with E-state index in [1.165, 1.54) is 7.05 Å². The number of rotatable bonds is 5. The van der Waals surface area contributed by atoms with Crippen LogP contribution >= 0.6 is 0 Å². The highest BCUT2D eigenvalue weighted by atomic mass is 16.1. The van der Waals surface area contributed by atoms with Gasteiger partial charge in [-0.15, -0.1) is 0 Å². The van der Waals surface area contributed by atoms with Gasteiger partial charge >= 0.3 is 0 Å². The molecule has 9 heteroatoms. The van der Waals surface area contributed by atoms with Crippen LogP contribution in [0.4, 0.5) is 0 Å². The van der Waals surface area contributed by atoms with Crippen molar-refractivity contribution >= 4 is 11.7 Å². The van der Waals surface area contributed by atoms with Crippen molar-refractivity contribution < 1.29 is 4.79 Å². The first-order valence-corrected chi connectivity index (χ1v) is 3.87. The zero-order chi connectivity index (χ0) is 12.0. The van der Waals surface area contributed by atoms with Gasteiger partial charge in [0.1, 0.15) is 17.4 Å². The Morgan fingerprint density at radius 2 is 2.00 bits per heavy atom. The summed E-state index contributed by atoms with van der Waals surface area (Å²) in [5.41, 5.74) is 21.8. The Bertz CT molecular complexity index is 308. The van der Waals surface area contributed by atoms with Crippen LogP contribution in [0.5, 0.6) is 0 Å². The molecule has 0 saturated carbocycles. The topological polar surface area (TPSA) is 170 Å². The fourth-order valence-electron chi connectivity index (χ4n) is 0.582. The van der Waals surface area contributed by atoms with Crippen molar-refractivity contribution in [3.8, 4) is 0 Å². The Kier molecular flexibility index (Phi) is 4.58. The summed E-state index contributed by atoms with van der Waals surface area (Å²) < 4.78 is 0. The van der Waals surface area contributed by atoms with E-state index in [1.807, 2.05) is 0 Å². The highest BCUT2D eigenvalue weighted by Gasteiger charge is 2.07. The molecular weight excluding hydrogens is 200 g/mol. The van der Waals surface area contributed by atoms with E-state index in [1.54, 1.807) is 0 Å². The fraction of sp³-hybridized carbons (Fsp3) is 0.333. The van der Waals surface area contributed by atoms with Gasteiger partial charge in [0.15, 0.2) is 0 Å². The summed E-state index contributed by atoms with van der Waals surface area (Å²) in [5.74, 6) is -0.957. The van der Waals surface area contributed by atoms with E-state index in [4.69, 9.17) is 28.1 Å². The maximum absolute atomic E-state index is 10.6. The van der Waals surface area contributed by atoms with Gasteiger partial charge in [-0.3, -0.25) is 10.2 Å². The van der Waals surface area contributed by atoms with E-state index in [2.05, 4.69) is 10.5 Å². The minimum absolute atomic E-state index is 0.00906. The molecule has 9 nitrogen and oxygen atoms in total. The molecule has 0 aromatic heterocycles. The number of carbonyl (C=O) groups is 1. The smallest absolute Gasteiger partial charge is 0.268 e. The lowest BCUT2D eigenvalue weighted by atomic mass is 10.4. The minimum atomic E-state index is -0.843. The zero-order valence-electron chi connectivity index (χ0n) is 8.24. The second-order valence-electron chi connectivity index (χ2n) is 2.62. The van der Waals surface area contributed by atoms with Gasteiger partial charge in [-0.25, -0.2) is 5.01 Å². The average molecular weight is 214 g/mol. The van der Waals surface area contributed by atoms with Crippen molar-refractivity contribution in [2.45, 2.75) is 0 Å². The summed E-state index contributed by atoms with van der Waals surface area (Å²) in [6, 6.07) is 0. The van der Waals surface area contributed by atoms with E-state index in [0.29, 0.717) is 0 Å². The number of likely N-dealkylation sites (N-methyl/N-ethyl adjacent to an activating group) is 1. The maximum atomic E-state index is 10.6. The molecule has 0 unspecified atom stereocenters. The molecule has 84 valence electrons. The number of nitrogens with one attached hydrogen (secondary N) is 3. The van der Waals surface area contributed by atoms with E-state index in [9.17, 15) is 4.79 Å². The molecule has 0 aliphatic rings. The Hall–Kier alpha value is -2.32. The van der Waals surface area contributed by atoms with Gasteiger partial charge in [-0.1, -0.05) is 5.22 Å². The summed E-state index contributed by atoms with van der Waals surface area (Å²) in [4.78, 5) is 10.6. The van der Waals surface area contributed by atoms with E-state index >= 15 is 0 Å². The summed E-state index contributed by atoms with van der Waals surface area (Å²) in [6.07, 6.45) is 0. The predicted octanol–water partition coefficient (Wildman–Crippen LogP) is -2.00. The highest BCUT2D eigenvalue weighted by Crippen LogP contribution is 1.88. The van der Waals surface area contributed by atoms with Crippen LogP contribution in [0.15, 0.2) is 16.7 Å². The molecule has 0 radical (unpaired) electrons. The van der Waals surface area contributed by atoms with Crippen LogP contribution in [0, 0.1) is 10.9 Å². The normalized spacial score (nSPS) is 11.3. The third-order valence-electron chi connectivity index (χ3n) is 1.54. The van der Waals surface area contributed by atoms with Crippen molar-refractivity contribution in [2.75, 3.05) is 13.6 Å². The molecule has 0 aliphatic heterocycles. The van der Waals surface area contributed by atoms with Crippen molar-refractivity contribution in [1.82, 2.24) is 10.3 Å². The molecule has 0 aliphatic carbocycles. The summed E-state index contributed by atoms with van der Waals surface area (Å²) in [7, 11) is 1.42. The molecule has 0 saturated heterocycles. The van der Waals surface area contributed by atoms with Crippen LogP contribution in [0.25, 0.3) is 0 Å². The number of amidine groups is 1. The number of hydrogen-bond acceptors (Lipinski definition) is 7. The monoisotopic (exact) mass is 214 g/mol. The van der Waals surface area contributed by atoms with Crippen LogP contribution in [0.3, 0.4) is 0 Å². The van der Waals surface area contributed by atoms with Gasteiger partial charge in [0.05, 0.1) is 6.54 Å². The van der Waals surface area contributed by atoms with Crippen LogP contribution in [-0.4, -0.2) is 30.3 Å². The molecule has 0 atom stereocenters. The first kappa shape index (κ1) is 12.7. The van der Waals surface area contributed by atoms with Crippen molar-refractivity contribution in [3.05, 3.63) is 11.5 Å². The third-order valence-corrected chi connectivity index (χ3v) is 1.54. The minimum Gasteiger partial charge on any atom is -0.391 e. The first-order valence-electron chi connectivity index (χ1n) is 3.87. The largest absolute Gasteiger partial charge is 0.391 e. The molecule has 0 heterocycles. The number of hydrogen-bond donors (Lipinski definition) is 6. The number of primary amides is 1. The summed E-state index contributed by atoms with van der Waals surface area (Å²) in [6.45, 7) is -0.0152. The lowest BCUT2D eigenvalue weighted by molar-refractivity contribution is -0.114. The van der Waals surface area contributed by atoms with Crippen LogP contribution in [0.1, 0.15) is 0 Å². The number of amides is 1.